The van der Waals surface area contributed by atoms with Crippen molar-refractivity contribution >= 4 is 13.2 Å². The van der Waals surface area contributed by atoms with Gasteiger partial charge in [0.1, 0.15) is 5.73 Å². The Morgan fingerprint density at radius 2 is 1.69 bits per heavy atom. The van der Waals surface area contributed by atoms with Crippen molar-refractivity contribution in [3.05, 3.63) is 47.8 Å². The highest BCUT2D eigenvalue weighted by molar-refractivity contribution is 6.54. The van der Waals surface area contributed by atoms with Crippen molar-refractivity contribution in [1.82, 2.24) is 9.78 Å². The van der Waals surface area contributed by atoms with E-state index < -0.39 is 30.6 Å². The predicted molar refractivity (Wildman–Crippen MR) is 94.1 cm³/mol. The first-order chi connectivity index (χ1) is 12.1. The van der Waals surface area contributed by atoms with Gasteiger partial charge in [-0.3, -0.25) is 0 Å². The van der Waals surface area contributed by atoms with Gasteiger partial charge in [0.15, 0.2) is 0 Å². The lowest BCUT2D eigenvalue weighted by molar-refractivity contribution is 0.00578. The zero-order valence-corrected chi connectivity index (χ0v) is 15.0. The Bertz CT molecular complexity index is 803. The van der Waals surface area contributed by atoms with Crippen LogP contribution in [0.4, 0.5) is 13.2 Å². The minimum absolute atomic E-state index is 0.0638. The van der Waals surface area contributed by atoms with Crippen LogP contribution in [0.25, 0.3) is 17.3 Å². The van der Waals surface area contributed by atoms with Gasteiger partial charge in [-0.1, -0.05) is 30.3 Å². The topological polar surface area (TPSA) is 36.3 Å². The Hall–Kier alpha value is -2.06. The van der Waals surface area contributed by atoms with E-state index in [1.165, 1.54) is 6.07 Å². The van der Waals surface area contributed by atoms with Crippen molar-refractivity contribution in [1.29, 1.82) is 0 Å². The number of aromatic nitrogens is 2. The van der Waals surface area contributed by atoms with Gasteiger partial charge in [0.25, 0.3) is 0 Å². The molecule has 0 radical (unpaired) electrons. The average molecular weight is 364 g/mol. The number of rotatable bonds is 4. The lowest BCUT2D eigenvalue weighted by Gasteiger charge is -2.32. The van der Waals surface area contributed by atoms with E-state index in [2.05, 4.69) is 5.10 Å². The molecule has 8 heteroatoms. The van der Waals surface area contributed by atoms with Crippen molar-refractivity contribution < 1.29 is 22.5 Å². The van der Waals surface area contributed by atoms with Crippen LogP contribution in [0.2, 0.25) is 0 Å². The molecule has 1 aliphatic heterocycles. The van der Waals surface area contributed by atoms with Crippen molar-refractivity contribution in [3.8, 4) is 11.3 Å². The molecule has 138 valence electrons. The molecule has 3 rings (SSSR count). The monoisotopic (exact) mass is 364 g/mol. The summed E-state index contributed by atoms with van der Waals surface area (Å²) in [6.45, 7) is 4.26. The minimum Gasteiger partial charge on any atom is -0.398 e. The van der Waals surface area contributed by atoms with Crippen LogP contribution in [-0.4, -0.2) is 28.1 Å². The highest BCUT2D eigenvalue weighted by Gasteiger charge is 2.53. The summed E-state index contributed by atoms with van der Waals surface area (Å²) in [5.74, 6) is 0. The SMILES string of the molecule is CC1(C)OB(C(F)=Cc2cc(-c3ccccc3)nn2C(F)F)OC1(C)C. The summed E-state index contributed by atoms with van der Waals surface area (Å²) in [6, 6.07) is 10.3. The van der Waals surface area contributed by atoms with Crippen molar-refractivity contribution in [3.63, 3.8) is 0 Å². The molecule has 0 aliphatic carbocycles. The Kier molecular flexibility index (Phi) is 4.75. The van der Waals surface area contributed by atoms with Gasteiger partial charge in [0, 0.05) is 5.56 Å². The summed E-state index contributed by atoms with van der Waals surface area (Å²) >= 11 is 0. The smallest absolute Gasteiger partial charge is 0.398 e. The number of hydrogen-bond acceptors (Lipinski definition) is 3. The third-order valence-corrected chi connectivity index (χ3v) is 4.78. The van der Waals surface area contributed by atoms with E-state index in [9.17, 15) is 13.2 Å². The van der Waals surface area contributed by atoms with Gasteiger partial charge in [-0.05, 0) is 39.8 Å². The second-order valence-electron chi connectivity index (χ2n) is 7.16. The summed E-state index contributed by atoms with van der Waals surface area (Å²) in [5.41, 5.74) is -1.30. The zero-order valence-electron chi connectivity index (χ0n) is 15.0. The molecular weight excluding hydrogens is 344 g/mol. The van der Waals surface area contributed by atoms with E-state index in [4.69, 9.17) is 9.31 Å². The maximum absolute atomic E-state index is 14.7. The van der Waals surface area contributed by atoms with Crippen LogP contribution in [0.15, 0.2) is 42.1 Å². The molecule has 0 N–H and O–H groups in total. The van der Waals surface area contributed by atoms with Crippen molar-refractivity contribution in [2.75, 3.05) is 0 Å². The molecule has 1 aromatic carbocycles. The molecule has 4 nitrogen and oxygen atoms in total. The highest BCUT2D eigenvalue weighted by atomic mass is 19.3. The molecule has 2 heterocycles. The Morgan fingerprint density at radius 1 is 1.12 bits per heavy atom. The van der Waals surface area contributed by atoms with Crippen LogP contribution >= 0.6 is 0 Å². The molecule has 0 bridgehead atoms. The van der Waals surface area contributed by atoms with Crippen molar-refractivity contribution in [2.45, 2.75) is 45.4 Å². The molecule has 1 fully saturated rings. The van der Waals surface area contributed by atoms with Crippen LogP contribution in [0.3, 0.4) is 0 Å². The van der Waals surface area contributed by atoms with E-state index in [1.54, 1.807) is 52.0 Å². The van der Waals surface area contributed by atoms with Crippen LogP contribution < -0.4 is 0 Å². The van der Waals surface area contributed by atoms with E-state index in [-0.39, 0.29) is 5.69 Å². The normalized spacial score (nSPS) is 19.4. The zero-order chi connectivity index (χ0) is 19.1. The third-order valence-electron chi connectivity index (χ3n) is 4.78. The molecule has 1 aliphatic rings. The fraction of sp³-hybridized carbons (Fsp3) is 0.389. The molecular formula is C18H20BF3N2O2. The maximum atomic E-state index is 14.7. The second-order valence-corrected chi connectivity index (χ2v) is 7.16. The highest BCUT2D eigenvalue weighted by Crippen LogP contribution is 2.39. The predicted octanol–water partition coefficient (Wildman–Crippen LogP) is 4.89. The molecule has 1 saturated heterocycles. The standard InChI is InChI=1S/C18H20BF3N2O2/c1-17(2)18(3,4)26-19(25-17)15(20)11-13-10-14(23-24(13)16(21)22)12-8-6-5-7-9-12/h5-11,16H,1-4H3. The molecule has 0 amide bonds. The second kappa shape index (κ2) is 6.59. The third kappa shape index (κ3) is 3.43. The maximum Gasteiger partial charge on any atom is 0.525 e. The van der Waals surface area contributed by atoms with Gasteiger partial charge in [-0.15, -0.1) is 0 Å². The Morgan fingerprint density at radius 3 is 2.23 bits per heavy atom. The minimum atomic E-state index is -2.90. The fourth-order valence-corrected chi connectivity index (χ4v) is 2.59. The number of alkyl halides is 2. The van der Waals surface area contributed by atoms with Gasteiger partial charge in [-0.2, -0.15) is 13.9 Å². The van der Waals surface area contributed by atoms with Gasteiger partial charge in [0.2, 0.25) is 0 Å². The van der Waals surface area contributed by atoms with Crippen LogP contribution in [0.5, 0.6) is 0 Å². The Labute approximate surface area is 150 Å². The average Bonchev–Trinajstić information content (AvgIpc) is 3.07. The van der Waals surface area contributed by atoms with E-state index in [1.807, 2.05) is 6.07 Å². The summed E-state index contributed by atoms with van der Waals surface area (Å²) in [7, 11) is -1.25. The number of halogens is 3. The van der Waals surface area contributed by atoms with Gasteiger partial charge in [0.05, 0.1) is 22.6 Å². The van der Waals surface area contributed by atoms with Gasteiger partial charge < -0.3 is 9.31 Å². The summed E-state index contributed by atoms with van der Waals surface area (Å²) in [4.78, 5) is 0. The molecule has 0 spiro atoms. The summed E-state index contributed by atoms with van der Waals surface area (Å²) < 4.78 is 53.0. The van der Waals surface area contributed by atoms with E-state index >= 15 is 0 Å². The molecule has 26 heavy (non-hydrogen) atoms. The van der Waals surface area contributed by atoms with Gasteiger partial charge >= 0.3 is 13.7 Å². The van der Waals surface area contributed by atoms with Crippen LogP contribution in [0, 0.1) is 0 Å². The molecule has 0 unspecified atom stereocenters. The molecule has 2 aromatic rings. The number of nitrogens with zero attached hydrogens (tertiary/aromatic N) is 2. The first-order valence-corrected chi connectivity index (χ1v) is 8.26. The quantitative estimate of drug-likeness (QED) is 0.725. The van der Waals surface area contributed by atoms with Gasteiger partial charge in [-0.25, -0.2) is 9.07 Å². The first-order valence-electron chi connectivity index (χ1n) is 8.26. The largest absolute Gasteiger partial charge is 0.525 e. The summed E-state index contributed by atoms with van der Waals surface area (Å²) in [6.07, 6.45) is 0.980. The van der Waals surface area contributed by atoms with Crippen LogP contribution in [-0.2, 0) is 9.31 Å². The van der Waals surface area contributed by atoms with E-state index in [0.29, 0.717) is 15.9 Å². The lowest BCUT2D eigenvalue weighted by Crippen LogP contribution is -2.41. The van der Waals surface area contributed by atoms with Crippen LogP contribution in [0.1, 0.15) is 39.9 Å². The molecule has 0 atom stereocenters. The number of benzene rings is 1. The first kappa shape index (κ1) is 18.7. The number of hydrogen-bond donors (Lipinski definition) is 0. The molecule has 1 aromatic heterocycles. The summed E-state index contributed by atoms with van der Waals surface area (Å²) in [5, 5.41) is 3.89. The van der Waals surface area contributed by atoms with Crippen molar-refractivity contribution in [2.24, 2.45) is 0 Å². The Balaban J connectivity index is 1.94. The fourth-order valence-electron chi connectivity index (χ4n) is 2.59. The lowest BCUT2D eigenvalue weighted by atomic mass is 9.87. The molecule has 0 saturated carbocycles. The van der Waals surface area contributed by atoms with E-state index in [0.717, 1.165) is 6.08 Å².